The number of anilines is 2. The molecular formula is C27H24ClFN4O4. The van der Waals surface area contributed by atoms with Crippen LogP contribution in [0.2, 0.25) is 5.02 Å². The molecule has 2 aromatic carbocycles. The van der Waals surface area contributed by atoms with E-state index in [1.54, 1.807) is 23.1 Å². The standard InChI is InChI=1S/C27H24ClFN4O4/c1-31-14-21(26(36)33-11-9-16(10-12-33)15-3-5-17(29)6-4-15)23(22(28)27(31)37)30-18-7-8-19-20(13-18)25(35)32(2)24(19)34/h3-8,13-14,16,30H,9-12H2,1-2H3. The van der Waals surface area contributed by atoms with E-state index in [1.165, 1.54) is 49.1 Å². The highest BCUT2D eigenvalue weighted by Crippen LogP contribution is 2.33. The maximum absolute atomic E-state index is 13.6. The fraction of sp³-hybridized carbons (Fsp3) is 0.259. The molecule has 3 heterocycles. The molecular weight excluding hydrogens is 499 g/mol. The fourth-order valence-corrected chi connectivity index (χ4v) is 5.17. The SMILES string of the molecule is CN1C(=O)c2ccc(Nc3c(C(=O)N4CCC(c5ccc(F)cc5)CC4)cn(C)c(=O)c3Cl)cc2C1=O. The van der Waals surface area contributed by atoms with Crippen molar-refractivity contribution in [1.82, 2.24) is 14.4 Å². The van der Waals surface area contributed by atoms with Gasteiger partial charge in [-0.2, -0.15) is 0 Å². The second kappa shape index (κ2) is 9.48. The molecule has 1 aromatic heterocycles. The summed E-state index contributed by atoms with van der Waals surface area (Å²) in [6.07, 6.45) is 2.88. The first-order valence-corrected chi connectivity index (χ1v) is 12.2. The molecule has 5 rings (SSSR count). The van der Waals surface area contributed by atoms with Crippen LogP contribution < -0.4 is 10.9 Å². The van der Waals surface area contributed by atoms with Crippen LogP contribution in [0, 0.1) is 5.82 Å². The zero-order valence-electron chi connectivity index (χ0n) is 20.3. The quantitative estimate of drug-likeness (QED) is 0.519. The van der Waals surface area contributed by atoms with Gasteiger partial charge in [-0.25, -0.2) is 4.39 Å². The summed E-state index contributed by atoms with van der Waals surface area (Å²) in [4.78, 5) is 53.6. The molecule has 0 spiro atoms. The second-order valence-corrected chi connectivity index (χ2v) is 9.70. The first-order chi connectivity index (χ1) is 17.7. The van der Waals surface area contributed by atoms with Crippen molar-refractivity contribution >= 4 is 40.7 Å². The van der Waals surface area contributed by atoms with Gasteiger partial charge in [0.1, 0.15) is 10.8 Å². The highest BCUT2D eigenvalue weighted by molar-refractivity contribution is 6.34. The van der Waals surface area contributed by atoms with E-state index < -0.39 is 17.4 Å². The summed E-state index contributed by atoms with van der Waals surface area (Å²) in [7, 11) is 2.93. The monoisotopic (exact) mass is 522 g/mol. The third-order valence-corrected chi connectivity index (χ3v) is 7.38. The molecule has 37 heavy (non-hydrogen) atoms. The molecule has 1 saturated heterocycles. The van der Waals surface area contributed by atoms with Crippen molar-refractivity contribution in [2.45, 2.75) is 18.8 Å². The van der Waals surface area contributed by atoms with Crippen molar-refractivity contribution in [1.29, 1.82) is 0 Å². The number of hydrogen-bond acceptors (Lipinski definition) is 5. The minimum Gasteiger partial charge on any atom is -0.353 e. The van der Waals surface area contributed by atoms with Crippen LogP contribution in [0.4, 0.5) is 15.8 Å². The second-order valence-electron chi connectivity index (χ2n) is 9.32. The zero-order valence-corrected chi connectivity index (χ0v) is 21.0. The molecule has 0 unspecified atom stereocenters. The Morgan fingerprint density at radius 3 is 2.30 bits per heavy atom. The van der Waals surface area contributed by atoms with Crippen molar-refractivity contribution < 1.29 is 18.8 Å². The highest BCUT2D eigenvalue weighted by Gasteiger charge is 2.33. The van der Waals surface area contributed by atoms with Crippen molar-refractivity contribution in [3.05, 3.63) is 92.1 Å². The van der Waals surface area contributed by atoms with Crippen molar-refractivity contribution in [3.63, 3.8) is 0 Å². The smallest absolute Gasteiger partial charge is 0.271 e. The summed E-state index contributed by atoms with van der Waals surface area (Å²) >= 11 is 6.42. The lowest BCUT2D eigenvalue weighted by Crippen LogP contribution is -2.39. The van der Waals surface area contributed by atoms with Gasteiger partial charge < -0.3 is 14.8 Å². The van der Waals surface area contributed by atoms with Crippen molar-refractivity contribution in [3.8, 4) is 0 Å². The predicted octanol–water partition coefficient (Wildman–Crippen LogP) is 4.17. The molecule has 0 bridgehead atoms. The summed E-state index contributed by atoms with van der Waals surface area (Å²) in [6.45, 7) is 0.977. The number of carbonyl (C=O) groups excluding carboxylic acids is 3. The molecule has 1 fully saturated rings. The number of imide groups is 1. The Morgan fingerprint density at radius 2 is 1.62 bits per heavy atom. The lowest BCUT2D eigenvalue weighted by atomic mass is 9.89. The summed E-state index contributed by atoms with van der Waals surface area (Å²) in [6, 6.07) is 11.1. The number of halogens is 2. The van der Waals surface area contributed by atoms with E-state index in [9.17, 15) is 23.6 Å². The molecule has 2 aliphatic rings. The van der Waals surface area contributed by atoms with Crippen LogP contribution in [0.3, 0.4) is 0 Å². The van der Waals surface area contributed by atoms with Crippen LogP contribution in [0.5, 0.6) is 0 Å². The number of aromatic nitrogens is 1. The number of aryl methyl sites for hydroxylation is 1. The summed E-state index contributed by atoms with van der Waals surface area (Å²) in [5.41, 5.74) is 1.84. The van der Waals surface area contributed by atoms with Crippen LogP contribution >= 0.6 is 11.6 Å². The number of likely N-dealkylation sites (tertiary alicyclic amines) is 1. The molecule has 3 amide bonds. The molecule has 0 saturated carbocycles. The Balaban J connectivity index is 1.41. The van der Waals surface area contributed by atoms with E-state index in [4.69, 9.17) is 11.6 Å². The Hall–Kier alpha value is -3.98. The van der Waals surface area contributed by atoms with Gasteiger partial charge in [0, 0.05) is 39.1 Å². The third kappa shape index (κ3) is 4.40. The Bertz CT molecular complexity index is 1490. The number of piperidine rings is 1. The number of pyridine rings is 1. The van der Waals surface area contributed by atoms with Gasteiger partial charge in [0.05, 0.1) is 22.4 Å². The minimum absolute atomic E-state index is 0.139. The van der Waals surface area contributed by atoms with Crippen LogP contribution in [0.15, 0.2) is 53.5 Å². The van der Waals surface area contributed by atoms with E-state index in [0.29, 0.717) is 31.6 Å². The number of nitrogens with zero attached hydrogens (tertiary/aromatic N) is 3. The minimum atomic E-state index is -0.483. The predicted molar refractivity (Wildman–Crippen MR) is 137 cm³/mol. The molecule has 8 nitrogen and oxygen atoms in total. The number of fused-ring (bicyclic) bond motifs is 1. The number of benzene rings is 2. The normalized spacial score (nSPS) is 15.8. The van der Waals surface area contributed by atoms with Gasteiger partial charge in [-0.3, -0.25) is 24.1 Å². The van der Waals surface area contributed by atoms with E-state index in [0.717, 1.165) is 10.5 Å². The first-order valence-electron chi connectivity index (χ1n) is 11.8. The Labute approximate surface area is 217 Å². The number of rotatable bonds is 4. The summed E-state index contributed by atoms with van der Waals surface area (Å²) < 4.78 is 14.5. The third-order valence-electron chi connectivity index (χ3n) is 7.03. The Morgan fingerprint density at radius 1 is 0.973 bits per heavy atom. The van der Waals surface area contributed by atoms with E-state index in [1.807, 2.05) is 0 Å². The average Bonchev–Trinajstić information content (AvgIpc) is 3.12. The van der Waals surface area contributed by atoms with Crippen LogP contribution in [-0.4, -0.2) is 52.2 Å². The maximum Gasteiger partial charge on any atom is 0.271 e. The van der Waals surface area contributed by atoms with Crippen LogP contribution in [0.25, 0.3) is 0 Å². The van der Waals surface area contributed by atoms with Gasteiger partial charge in [-0.15, -0.1) is 0 Å². The molecule has 3 aromatic rings. The van der Waals surface area contributed by atoms with E-state index in [2.05, 4.69) is 5.32 Å². The lowest BCUT2D eigenvalue weighted by Gasteiger charge is -2.33. The van der Waals surface area contributed by atoms with Crippen LogP contribution in [0.1, 0.15) is 55.4 Å². The number of amides is 3. The lowest BCUT2D eigenvalue weighted by molar-refractivity contribution is 0.0688. The average molecular weight is 523 g/mol. The number of carbonyl (C=O) groups is 3. The molecule has 0 aliphatic carbocycles. The van der Waals surface area contributed by atoms with Gasteiger partial charge in [-0.1, -0.05) is 23.7 Å². The van der Waals surface area contributed by atoms with Gasteiger partial charge in [-0.05, 0) is 54.7 Å². The molecule has 2 aliphatic heterocycles. The van der Waals surface area contributed by atoms with Crippen LogP contribution in [-0.2, 0) is 7.05 Å². The summed E-state index contributed by atoms with van der Waals surface area (Å²) in [5.74, 6) is -1.17. The fourth-order valence-electron chi connectivity index (χ4n) is 4.89. The van der Waals surface area contributed by atoms with Gasteiger partial charge in [0.25, 0.3) is 23.3 Å². The maximum atomic E-state index is 13.6. The highest BCUT2D eigenvalue weighted by atomic mass is 35.5. The summed E-state index contributed by atoms with van der Waals surface area (Å²) in [5, 5.41) is 2.88. The van der Waals surface area contributed by atoms with Gasteiger partial charge in [0.2, 0.25) is 0 Å². The van der Waals surface area contributed by atoms with E-state index in [-0.39, 0.29) is 45.0 Å². The van der Waals surface area contributed by atoms with Gasteiger partial charge >= 0.3 is 0 Å². The number of hydrogen-bond donors (Lipinski definition) is 1. The molecule has 1 N–H and O–H groups in total. The molecule has 0 atom stereocenters. The van der Waals surface area contributed by atoms with E-state index >= 15 is 0 Å². The molecule has 190 valence electrons. The van der Waals surface area contributed by atoms with Crippen molar-refractivity contribution in [2.24, 2.45) is 7.05 Å². The molecule has 10 heteroatoms. The van der Waals surface area contributed by atoms with Gasteiger partial charge in [0.15, 0.2) is 0 Å². The zero-order chi connectivity index (χ0) is 26.4. The topological polar surface area (TPSA) is 91.7 Å². The number of nitrogens with one attached hydrogen (secondary N) is 1. The molecule has 0 radical (unpaired) electrons. The van der Waals surface area contributed by atoms with Crippen molar-refractivity contribution in [2.75, 3.05) is 25.5 Å². The largest absolute Gasteiger partial charge is 0.353 e. The first kappa shape index (κ1) is 24.7. The Kier molecular flexibility index (Phi) is 6.33.